The van der Waals surface area contributed by atoms with Crippen molar-refractivity contribution in [3.05, 3.63) is 0 Å². The lowest BCUT2D eigenvalue weighted by Gasteiger charge is -2.38. The third kappa shape index (κ3) is 1.15. The molecule has 0 aromatic carbocycles. The largest absolute Gasteiger partial charge is 0.247 e. The monoisotopic (exact) mass is 182 g/mol. The molecule has 74 valence electrons. The second-order valence-corrected chi connectivity index (χ2v) is 5.39. The molecule has 0 bridgehead atoms. The molecule has 3 aliphatic carbocycles. The first-order valence-electron chi connectivity index (χ1n) is 6.00. The van der Waals surface area contributed by atoms with E-state index in [0.717, 1.165) is 11.8 Å². The average Bonchev–Trinajstić information content (AvgIpc) is 2.71. The summed E-state index contributed by atoms with van der Waals surface area (Å²) in [6.07, 6.45) is 8.58. The van der Waals surface area contributed by atoms with Gasteiger partial charge in [0, 0.05) is 0 Å². The Bertz CT molecular complexity index is 181. The molecule has 3 fully saturated rings. The zero-order valence-corrected chi connectivity index (χ0v) is 8.21. The normalized spacial score (nSPS) is 54.7. The van der Waals surface area contributed by atoms with E-state index in [4.69, 9.17) is 0 Å². The van der Waals surface area contributed by atoms with Crippen molar-refractivity contribution in [1.82, 2.24) is 0 Å². The van der Waals surface area contributed by atoms with Crippen molar-refractivity contribution >= 4 is 0 Å². The Morgan fingerprint density at radius 2 is 1.31 bits per heavy atom. The summed E-state index contributed by atoms with van der Waals surface area (Å²) >= 11 is 0. The summed E-state index contributed by atoms with van der Waals surface area (Å²) in [5.74, 6) is 2.49. The van der Waals surface area contributed by atoms with E-state index in [9.17, 15) is 4.39 Å². The van der Waals surface area contributed by atoms with E-state index >= 15 is 0 Å². The maximum atomic E-state index is 14.1. The number of halogens is 1. The highest BCUT2D eigenvalue weighted by molar-refractivity contribution is 4.97. The van der Waals surface area contributed by atoms with Crippen LogP contribution in [0.1, 0.15) is 44.9 Å². The van der Waals surface area contributed by atoms with Gasteiger partial charge in [0.25, 0.3) is 0 Å². The molecule has 3 saturated carbocycles. The zero-order chi connectivity index (χ0) is 8.84. The summed E-state index contributed by atoms with van der Waals surface area (Å²) in [6.45, 7) is 0. The van der Waals surface area contributed by atoms with Crippen LogP contribution in [0.15, 0.2) is 0 Å². The third-order valence-corrected chi connectivity index (χ3v) is 4.86. The fourth-order valence-corrected chi connectivity index (χ4v) is 4.26. The first-order chi connectivity index (χ1) is 6.36. The molecule has 0 amide bonds. The van der Waals surface area contributed by atoms with Crippen molar-refractivity contribution < 1.29 is 4.39 Å². The molecule has 13 heavy (non-hydrogen) atoms. The zero-order valence-electron chi connectivity index (χ0n) is 8.21. The molecular formula is C12H19F. The molecule has 0 N–H and O–H groups in total. The second kappa shape index (κ2) is 2.96. The van der Waals surface area contributed by atoms with Crippen LogP contribution in [0, 0.1) is 23.7 Å². The van der Waals surface area contributed by atoms with Crippen molar-refractivity contribution in [2.45, 2.75) is 51.1 Å². The highest BCUT2D eigenvalue weighted by atomic mass is 19.1. The van der Waals surface area contributed by atoms with Gasteiger partial charge in [-0.25, -0.2) is 4.39 Å². The van der Waals surface area contributed by atoms with Crippen molar-refractivity contribution in [2.75, 3.05) is 0 Å². The third-order valence-electron chi connectivity index (χ3n) is 4.86. The van der Waals surface area contributed by atoms with E-state index in [-0.39, 0.29) is 0 Å². The molecule has 0 heterocycles. The van der Waals surface area contributed by atoms with E-state index in [0.29, 0.717) is 11.8 Å². The highest BCUT2D eigenvalue weighted by Crippen LogP contribution is 2.53. The quantitative estimate of drug-likeness (QED) is 0.537. The molecule has 0 saturated heterocycles. The summed E-state index contributed by atoms with van der Waals surface area (Å²) in [5.41, 5.74) is 0. The Balaban J connectivity index is 1.82. The molecule has 0 spiro atoms. The summed E-state index contributed by atoms with van der Waals surface area (Å²) in [6, 6.07) is 0. The lowest BCUT2D eigenvalue weighted by Crippen LogP contribution is -2.36. The minimum Gasteiger partial charge on any atom is -0.247 e. The number of alkyl halides is 1. The Hall–Kier alpha value is -0.0700. The number of hydrogen-bond acceptors (Lipinski definition) is 0. The Kier molecular flexibility index (Phi) is 1.88. The highest BCUT2D eigenvalue weighted by Gasteiger charge is 2.47. The molecule has 4 unspecified atom stereocenters. The van der Waals surface area contributed by atoms with Crippen LogP contribution in [0.4, 0.5) is 4.39 Å². The Labute approximate surface area is 79.9 Å². The predicted molar refractivity (Wildman–Crippen MR) is 51.2 cm³/mol. The van der Waals surface area contributed by atoms with Gasteiger partial charge in [0.1, 0.15) is 6.17 Å². The summed E-state index contributed by atoms with van der Waals surface area (Å²) < 4.78 is 14.1. The second-order valence-electron chi connectivity index (χ2n) is 5.39. The van der Waals surface area contributed by atoms with Gasteiger partial charge < -0.3 is 0 Å². The van der Waals surface area contributed by atoms with Gasteiger partial charge in [0.05, 0.1) is 0 Å². The van der Waals surface area contributed by atoms with Gasteiger partial charge in [-0.2, -0.15) is 0 Å². The predicted octanol–water partition coefficient (Wildman–Crippen LogP) is 3.56. The van der Waals surface area contributed by atoms with E-state index in [1.807, 2.05) is 0 Å². The molecule has 0 aliphatic heterocycles. The van der Waals surface area contributed by atoms with E-state index in [1.54, 1.807) is 0 Å². The first kappa shape index (κ1) is 8.26. The van der Waals surface area contributed by atoms with Crippen LogP contribution in [0.2, 0.25) is 0 Å². The SMILES string of the molecule is FC1C2CCCC2CC2CCC[C@H]21. The summed E-state index contributed by atoms with van der Waals surface area (Å²) in [5, 5.41) is 0. The van der Waals surface area contributed by atoms with Crippen LogP contribution < -0.4 is 0 Å². The fourth-order valence-electron chi connectivity index (χ4n) is 4.26. The first-order valence-corrected chi connectivity index (χ1v) is 6.00. The molecule has 0 nitrogen and oxygen atoms in total. The summed E-state index contributed by atoms with van der Waals surface area (Å²) in [4.78, 5) is 0. The van der Waals surface area contributed by atoms with Crippen LogP contribution in [0.25, 0.3) is 0 Å². The molecule has 0 aromatic heterocycles. The maximum absolute atomic E-state index is 14.1. The van der Waals surface area contributed by atoms with E-state index < -0.39 is 6.17 Å². The van der Waals surface area contributed by atoms with Crippen molar-refractivity contribution in [2.24, 2.45) is 23.7 Å². The lowest BCUT2D eigenvalue weighted by molar-refractivity contribution is 0.0395. The van der Waals surface area contributed by atoms with Gasteiger partial charge in [-0.3, -0.25) is 0 Å². The standard InChI is InChI=1S/C12H19F/c13-12-10-5-1-3-8(10)7-9-4-2-6-11(9)12/h8-12H,1-7H2/t8?,9?,10-,11?,12?/m1/s1. The lowest BCUT2D eigenvalue weighted by atomic mass is 9.70. The van der Waals surface area contributed by atoms with Gasteiger partial charge >= 0.3 is 0 Å². The number of rotatable bonds is 0. The van der Waals surface area contributed by atoms with Crippen molar-refractivity contribution in [3.8, 4) is 0 Å². The van der Waals surface area contributed by atoms with Crippen LogP contribution >= 0.6 is 0 Å². The summed E-state index contributed by atoms with van der Waals surface area (Å²) in [7, 11) is 0. The molecule has 5 atom stereocenters. The van der Waals surface area contributed by atoms with E-state index in [2.05, 4.69) is 0 Å². The smallest absolute Gasteiger partial charge is 0.106 e. The Morgan fingerprint density at radius 3 is 1.85 bits per heavy atom. The Morgan fingerprint density at radius 1 is 0.769 bits per heavy atom. The molecule has 1 heteroatoms. The fraction of sp³-hybridized carbons (Fsp3) is 1.00. The van der Waals surface area contributed by atoms with Gasteiger partial charge in [-0.15, -0.1) is 0 Å². The van der Waals surface area contributed by atoms with Crippen LogP contribution in [0.5, 0.6) is 0 Å². The van der Waals surface area contributed by atoms with Crippen LogP contribution in [-0.4, -0.2) is 6.17 Å². The van der Waals surface area contributed by atoms with E-state index in [1.165, 1.54) is 44.9 Å². The van der Waals surface area contributed by atoms with Crippen LogP contribution in [-0.2, 0) is 0 Å². The number of fused-ring (bicyclic) bond motifs is 2. The van der Waals surface area contributed by atoms with Gasteiger partial charge in [-0.1, -0.05) is 25.7 Å². The molecule has 3 rings (SSSR count). The minimum absolute atomic E-state index is 0.422. The van der Waals surface area contributed by atoms with Gasteiger partial charge in [-0.05, 0) is 42.9 Å². The van der Waals surface area contributed by atoms with Crippen molar-refractivity contribution in [3.63, 3.8) is 0 Å². The molecular weight excluding hydrogens is 163 g/mol. The average molecular weight is 182 g/mol. The van der Waals surface area contributed by atoms with Crippen molar-refractivity contribution in [1.29, 1.82) is 0 Å². The molecule has 0 aromatic rings. The minimum atomic E-state index is -0.422. The number of hydrogen-bond donors (Lipinski definition) is 0. The molecule has 3 aliphatic rings. The molecule has 0 radical (unpaired) electrons. The topological polar surface area (TPSA) is 0 Å². The van der Waals surface area contributed by atoms with Gasteiger partial charge in [0.15, 0.2) is 0 Å². The van der Waals surface area contributed by atoms with Crippen LogP contribution in [0.3, 0.4) is 0 Å². The van der Waals surface area contributed by atoms with Gasteiger partial charge in [0.2, 0.25) is 0 Å². The maximum Gasteiger partial charge on any atom is 0.106 e.